The van der Waals surface area contributed by atoms with E-state index in [1.165, 1.54) is 0 Å². The van der Waals surface area contributed by atoms with Gasteiger partial charge in [-0.3, -0.25) is 4.79 Å². The minimum absolute atomic E-state index is 0.152. The number of nitrogens with one attached hydrogen (secondary N) is 2. The first-order valence-corrected chi connectivity index (χ1v) is 7.33. The van der Waals surface area contributed by atoms with E-state index in [4.69, 9.17) is 5.11 Å². The molecule has 0 radical (unpaired) electrons. The Hall–Kier alpha value is -1.30. The summed E-state index contributed by atoms with van der Waals surface area (Å²) >= 11 is 0. The van der Waals surface area contributed by atoms with Crippen LogP contribution in [0.2, 0.25) is 0 Å². The van der Waals surface area contributed by atoms with Crippen molar-refractivity contribution in [2.75, 3.05) is 33.2 Å². The molecule has 1 heterocycles. The van der Waals surface area contributed by atoms with Crippen molar-refractivity contribution in [3.05, 3.63) is 0 Å². The van der Waals surface area contributed by atoms with Gasteiger partial charge in [0, 0.05) is 19.5 Å². The first kappa shape index (κ1) is 16.8. The molecule has 1 fully saturated rings. The number of aliphatic carboxylic acids is 1. The summed E-state index contributed by atoms with van der Waals surface area (Å²) < 4.78 is 0. The molecule has 0 atom stereocenters. The Labute approximate surface area is 120 Å². The van der Waals surface area contributed by atoms with Crippen LogP contribution in [0.4, 0.5) is 4.79 Å². The number of carboxylic acid groups (broad SMARTS) is 1. The molecule has 116 valence electrons. The minimum atomic E-state index is -0.787. The highest BCUT2D eigenvalue weighted by molar-refractivity contribution is 5.73. The molecule has 1 rings (SSSR count). The summed E-state index contributed by atoms with van der Waals surface area (Å²) in [6.45, 7) is 5.59. The van der Waals surface area contributed by atoms with E-state index in [9.17, 15) is 9.59 Å². The lowest BCUT2D eigenvalue weighted by Gasteiger charge is -2.37. The van der Waals surface area contributed by atoms with Crippen LogP contribution in [0.5, 0.6) is 0 Å². The molecule has 0 aromatic heterocycles. The number of nitrogens with zero attached hydrogens (tertiary/aromatic N) is 1. The van der Waals surface area contributed by atoms with Crippen LogP contribution >= 0.6 is 0 Å². The fraction of sp³-hybridized carbons (Fsp3) is 0.857. The largest absolute Gasteiger partial charge is 0.481 e. The molecule has 0 aliphatic carbocycles. The highest BCUT2D eigenvalue weighted by Gasteiger charge is 2.28. The molecule has 6 heteroatoms. The zero-order valence-corrected chi connectivity index (χ0v) is 12.6. The van der Waals surface area contributed by atoms with Gasteiger partial charge in [-0.25, -0.2) is 4.79 Å². The summed E-state index contributed by atoms with van der Waals surface area (Å²) in [4.78, 5) is 24.3. The number of carbonyl (C=O) groups excluding carboxylic acids is 1. The van der Waals surface area contributed by atoms with E-state index in [2.05, 4.69) is 29.5 Å². The quantitative estimate of drug-likeness (QED) is 0.615. The van der Waals surface area contributed by atoms with Gasteiger partial charge in [0.15, 0.2) is 0 Å². The summed E-state index contributed by atoms with van der Waals surface area (Å²) in [6.07, 6.45) is 3.65. The molecule has 3 N–H and O–H groups in total. The summed E-state index contributed by atoms with van der Waals surface area (Å²) in [5.74, 6) is -0.787. The lowest BCUT2D eigenvalue weighted by Crippen LogP contribution is -2.46. The van der Waals surface area contributed by atoms with Gasteiger partial charge in [0.25, 0.3) is 0 Å². The van der Waals surface area contributed by atoms with Crippen molar-refractivity contribution in [3.63, 3.8) is 0 Å². The van der Waals surface area contributed by atoms with Gasteiger partial charge in [0.1, 0.15) is 0 Å². The number of hydrogen-bond acceptors (Lipinski definition) is 3. The van der Waals surface area contributed by atoms with Gasteiger partial charge < -0.3 is 20.6 Å². The molecule has 1 aliphatic heterocycles. The average Bonchev–Trinajstić information content (AvgIpc) is 2.40. The number of carboxylic acids is 1. The summed E-state index contributed by atoms with van der Waals surface area (Å²) in [7, 11) is 2.12. The highest BCUT2D eigenvalue weighted by Crippen LogP contribution is 2.29. The maximum atomic E-state index is 11.6. The third-order valence-electron chi connectivity index (χ3n) is 3.97. The van der Waals surface area contributed by atoms with Crippen LogP contribution in [-0.4, -0.2) is 55.2 Å². The number of likely N-dealkylation sites (tertiary alicyclic amines) is 1. The zero-order chi connectivity index (χ0) is 15.0. The maximum absolute atomic E-state index is 11.6. The molecular formula is C14H27N3O3. The normalized spacial score (nSPS) is 18.5. The van der Waals surface area contributed by atoms with Gasteiger partial charge in [-0.2, -0.15) is 0 Å². The van der Waals surface area contributed by atoms with E-state index in [0.29, 0.717) is 25.9 Å². The number of amides is 2. The number of piperidine rings is 1. The van der Waals surface area contributed by atoms with Crippen LogP contribution < -0.4 is 10.6 Å². The molecule has 6 nitrogen and oxygen atoms in total. The van der Waals surface area contributed by atoms with Crippen LogP contribution in [0.1, 0.15) is 39.0 Å². The second kappa shape index (κ2) is 8.09. The standard InChI is InChI=1S/C14H27N3O3/c1-14(6-9-17(2)10-7-14)11-16-13(20)15-8-4-3-5-12(18)19/h3-11H2,1-2H3,(H,18,19)(H2,15,16,20). The molecule has 1 saturated heterocycles. The molecule has 1 aliphatic rings. The van der Waals surface area contributed by atoms with Gasteiger partial charge in [-0.15, -0.1) is 0 Å². The van der Waals surface area contributed by atoms with Crippen molar-refractivity contribution in [2.45, 2.75) is 39.0 Å². The van der Waals surface area contributed by atoms with E-state index in [1.54, 1.807) is 0 Å². The second-order valence-corrected chi connectivity index (χ2v) is 6.07. The predicted octanol–water partition coefficient (Wildman–Crippen LogP) is 1.27. The number of hydrogen-bond donors (Lipinski definition) is 3. The van der Waals surface area contributed by atoms with Crippen molar-refractivity contribution in [2.24, 2.45) is 5.41 Å². The van der Waals surface area contributed by atoms with E-state index < -0.39 is 5.97 Å². The number of unbranched alkanes of at least 4 members (excludes halogenated alkanes) is 1. The lowest BCUT2D eigenvalue weighted by molar-refractivity contribution is -0.137. The molecule has 0 spiro atoms. The number of carbonyl (C=O) groups is 2. The van der Waals surface area contributed by atoms with Gasteiger partial charge in [-0.1, -0.05) is 6.92 Å². The Kier molecular flexibility index (Phi) is 6.78. The SMILES string of the molecule is CN1CCC(C)(CNC(=O)NCCCCC(=O)O)CC1. The summed E-state index contributed by atoms with van der Waals surface area (Å²) in [6, 6.07) is -0.152. The Morgan fingerprint density at radius 3 is 2.45 bits per heavy atom. The van der Waals surface area contributed by atoms with Gasteiger partial charge in [0.2, 0.25) is 0 Å². The first-order chi connectivity index (χ1) is 9.41. The Morgan fingerprint density at radius 2 is 1.85 bits per heavy atom. The summed E-state index contributed by atoms with van der Waals surface area (Å²) in [5.41, 5.74) is 0.188. The Bertz CT molecular complexity index is 326. The molecular weight excluding hydrogens is 258 g/mol. The van der Waals surface area contributed by atoms with Gasteiger partial charge in [-0.05, 0) is 51.2 Å². The van der Waals surface area contributed by atoms with Crippen molar-refractivity contribution in [1.82, 2.24) is 15.5 Å². The number of rotatable bonds is 7. The van der Waals surface area contributed by atoms with Crippen LogP contribution in [0, 0.1) is 5.41 Å². The van der Waals surface area contributed by atoms with Gasteiger partial charge in [0.05, 0.1) is 0 Å². The third-order valence-corrected chi connectivity index (χ3v) is 3.97. The number of urea groups is 1. The lowest BCUT2D eigenvalue weighted by atomic mass is 9.80. The van der Waals surface area contributed by atoms with Crippen LogP contribution in [0.25, 0.3) is 0 Å². The minimum Gasteiger partial charge on any atom is -0.481 e. The molecule has 0 unspecified atom stereocenters. The topological polar surface area (TPSA) is 81.7 Å². The molecule has 2 amide bonds. The molecule has 0 aromatic rings. The Morgan fingerprint density at radius 1 is 1.20 bits per heavy atom. The summed E-state index contributed by atoms with van der Waals surface area (Å²) in [5, 5.41) is 14.2. The highest BCUT2D eigenvalue weighted by atomic mass is 16.4. The van der Waals surface area contributed by atoms with Crippen molar-refractivity contribution in [1.29, 1.82) is 0 Å². The molecule has 0 saturated carbocycles. The Balaban J connectivity index is 2.09. The van der Waals surface area contributed by atoms with Crippen molar-refractivity contribution < 1.29 is 14.7 Å². The first-order valence-electron chi connectivity index (χ1n) is 7.33. The molecule has 20 heavy (non-hydrogen) atoms. The van der Waals surface area contributed by atoms with Crippen LogP contribution in [-0.2, 0) is 4.79 Å². The zero-order valence-electron chi connectivity index (χ0n) is 12.6. The smallest absolute Gasteiger partial charge is 0.314 e. The van der Waals surface area contributed by atoms with Crippen LogP contribution in [0.15, 0.2) is 0 Å². The van der Waals surface area contributed by atoms with E-state index in [0.717, 1.165) is 25.9 Å². The fourth-order valence-corrected chi connectivity index (χ4v) is 2.29. The molecule has 0 bridgehead atoms. The van der Waals surface area contributed by atoms with E-state index >= 15 is 0 Å². The van der Waals surface area contributed by atoms with Gasteiger partial charge >= 0.3 is 12.0 Å². The van der Waals surface area contributed by atoms with Crippen molar-refractivity contribution in [3.8, 4) is 0 Å². The predicted molar refractivity (Wildman–Crippen MR) is 77.7 cm³/mol. The maximum Gasteiger partial charge on any atom is 0.314 e. The average molecular weight is 285 g/mol. The van der Waals surface area contributed by atoms with E-state index in [1.807, 2.05) is 0 Å². The van der Waals surface area contributed by atoms with Crippen molar-refractivity contribution >= 4 is 12.0 Å². The monoisotopic (exact) mass is 285 g/mol. The van der Waals surface area contributed by atoms with E-state index in [-0.39, 0.29) is 17.9 Å². The molecule has 0 aromatic carbocycles. The fourth-order valence-electron chi connectivity index (χ4n) is 2.29. The second-order valence-electron chi connectivity index (χ2n) is 6.07. The van der Waals surface area contributed by atoms with Crippen LogP contribution in [0.3, 0.4) is 0 Å². The third kappa shape index (κ3) is 6.75.